The SMILES string of the molecule is Cc1ccc(-c2ccc(NCc3ccc(Cl)nc3)nc2)cc1. The minimum atomic E-state index is 0.504. The summed E-state index contributed by atoms with van der Waals surface area (Å²) in [6.45, 7) is 2.75. The second kappa shape index (κ2) is 6.58. The van der Waals surface area contributed by atoms with E-state index in [1.54, 1.807) is 12.3 Å². The van der Waals surface area contributed by atoms with Crippen LogP contribution < -0.4 is 5.32 Å². The van der Waals surface area contributed by atoms with Crippen LogP contribution in [0.5, 0.6) is 0 Å². The molecule has 2 heterocycles. The van der Waals surface area contributed by atoms with Gasteiger partial charge in [-0.05, 0) is 36.2 Å². The Balaban J connectivity index is 1.66. The number of nitrogens with one attached hydrogen (secondary N) is 1. The first-order valence-electron chi connectivity index (χ1n) is 7.08. The van der Waals surface area contributed by atoms with Crippen LogP contribution >= 0.6 is 11.6 Å². The smallest absolute Gasteiger partial charge is 0.129 e. The molecule has 0 aliphatic rings. The quantitative estimate of drug-likeness (QED) is 0.709. The van der Waals surface area contributed by atoms with E-state index >= 15 is 0 Å². The fourth-order valence-corrected chi connectivity index (χ4v) is 2.23. The lowest BCUT2D eigenvalue weighted by molar-refractivity contribution is 1.09. The molecule has 0 aliphatic carbocycles. The molecule has 0 spiro atoms. The predicted octanol–water partition coefficient (Wildman–Crippen LogP) is 4.72. The van der Waals surface area contributed by atoms with E-state index in [-0.39, 0.29) is 0 Å². The summed E-state index contributed by atoms with van der Waals surface area (Å²) in [6.07, 6.45) is 3.64. The van der Waals surface area contributed by atoms with Crippen molar-refractivity contribution in [1.29, 1.82) is 0 Å². The molecule has 0 amide bonds. The van der Waals surface area contributed by atoms with Crippen LogP contribution in [0.3, 0.4) is 0 Å². The summed E-state index contributed by atoms with van der Waals surface area (Å²) in [5.74, 6) is 0.839. The molecule has 1 N–H and O–H groups in total. The van der Waals surface area contributed by atoms with E-state index in [2.05, 4.69) is 52.5 Å². The van der Waals surface area contributed by atoms with Crippen LogP contribution in [0.15, 0.2) is 60.9 Å². The van der Waals surface area contributed by atoms with Crippen molar-refractivity contribution < 1.29 is 0 Å². The average Bonchev–Trinajstić information content (AvgIpc) is 2.56. The van der Waals surface area contributed by atoms with Gasteiger partial charge in [0.25, 0.3) is 0 Å². The summed E-state index contributed by atoms with van der Waals surface area (Å²) in [7, 11) is 0. The van der Waals surface area contributed by atoms with Crippen LogP contribution in [0.25, 0.3) is 11.1 Å². The molecule has 22 heavy (non-hydrogen) atoms. The molecule has 0 bridgehead atoms. The van der Waals surface area contributed by atoms with Crippen LogP contribution in [-0.4, -0.2) is 9.97 Å². The van der Waals surface area contributed by atoms with Crippen LogP contribution in [0, 0.1) is 6.92 Å². The lowest BCUT2D eigenvalue weighted by Gasteiger charge is -2.07. The van der Waals surface area contributed by atoms with Gasteiger partial charge in [-0.25, -0.2) is 9.97 Å². The van der Waals surface area contributed by atoms with E-state index in [0.29, 0.717) is 11.7 Å². The molecular formula is C18H16ClN3. The molecule has 0 radical (unpaired) electrons. The number of hydrogen-bond donors (Lipinski definition) is 1. The molecule has 4 heteroatoms. The number of hydrogen-bond acceptors (Lipinski definition) is 3. The maximum Gasteiger partial charge on any atom is 0.129 e. The molecule has 2 aromatic heterocycles. The van der Waals surface area contributed by atoms with Crippen molar-refractivity contribution in [1.82, 2.24) is 9.97 Å². The standard InChI is InChI=1S/C18H16ClN3/c1-13-2-5-15(6-3-13)16-7-9-18(22-12-16)21-11-14-4-8-17(19)20-10-14/h2-10,12H,11H2,1H3,(H,21,22). The first-order chi connectivity index (χ1) is 10.7. The van der Waals surface area contributed by atoms with Gasteiger partial charge < -0.3 is 5.32 Å². The summed E-state index contributed by atoms with van der Waals surface area (Å²) in [5.41, 5.74) is 4.60. The van der Waals surface area contributed by atoms with E-state index in [9.17, 15) is 0 Å². The summed E-state index contributed by atoms with van der Waals surface area (Å²) in [6, 6.07) is 16.2. The Morgan fingerprint density at radius 2 is 1.64 bits per heavy atom. The van der Waals surface area contributed by atoms with Gasteiger partial charge in [0.2, 0.25) is 0 Å². The Morgan fingerprint density at radius 3 is 2.27 bits per heavy atom. The van der Waals surface area contributed by atoms with Gasteiger partial charge in [0.15, 0.2) is 0 Å². The second-order valence-corrected chi connectivity index (χ2v) is 5.53. The van der Waals surface area contributed by atoms with E-state index < -0.39 is 0 Å². The molecule has 0 aliphatic heterocycles. The Bertz CT molecular complexity index is 735. The Morgan fingerprint density at radius 1 is 0.864 bits per heavy atom. The summed E-state index contributed by atoms with van der Waals surface area (Å²) >= 11 is 5.77. The van der Waals surface area contributed by atoms with Gasteiger partial charge in [-0.15, -0.1) is 0 Å². The molecule has 0 atom stereocenters. The predicted molar refractivity (Wildman–Crippen MR) is 91.0 cm³/mol. The third-order valence-corrected chi connectivity index (χ3v) is 3.63. The fourth-order valence-electron chi connectivity index (χ4n) is 2.12. The molecule has 3 nitrogen and oxygen atoms in total. The normalized spacial score (nSPS) is 10.5. The summed E-state index contributed by atoms with van der Waals surface area (Å²) < 4.78 is 0. The van der Waals surface area contributed by atoms with E-state index in [1.807, 2.05) is 18.3 Å². The number of nitrogens with zero attached hydrogens (tertiary/aromatic N) is 2. The first kappa shape index (κ1) is 14.5. The Kier molecular flexibility index (Phi) is 4.35. The maximum atomic E-state index is 5.77. The zero-order valence-corrected chi connectivity index (χ0v) is 13.0. The van der Waals surface area contributed by atoms with Crippen LogP contribution in [-0.2, 0) is 6.54 Å². The van der Waals surface area contributed by atoms with Crippen molar-refractivity contribution in [3.8, 4) is 11.1 Å². The molecule has 3 rings (SSSR count). The number of halogens is 1. The van der Waals surface area contributed by atoms with Gasteiger partial charge in [0.1, 0.15) is 11.0 Å². The van der Waals surface area contributed by atoms with E-state index in [0.717, 1.165) is 16.9 Å². The van der Waals surface area contributed by atoms with Crippen molar-refractivity contribution in [2.24, 2.45) is 0 Å². The minimum absolute atomic E-state index is 0.504. The summed E-state index contributed by atoms with van der Waals surface area (Å²) in [4.78, 5) is 8.51. The molecule has 3 aromatic rings. The van der Waals surface area contributed by atoms with Crippen molar-refractivity contribution >= 4 is 17.4 Å². The lowest BCUT2D eigenvalue weighted by atomic mass is 10.1. The first-order valence-corrected chi connectivity index (χ1v) is 7.46. The Labute approximate surface area is 135 Å². The van der Waals surface area contributed by atoms with Crippen LogP contribution in [0.4, 0.5) is 5.82 Å². The second-order valence-electron chi connectivity index (χ2n) is 5.14. The highest BCUT2D eigenvalue weighted by Gasteiger charge is 2.00. The number of anilines is 1. The number of aryl methyl sites for hydroxylation is 1. The third-order valence-electron chi connectivity index (χ3n) is 3.41. The Hall–Kier alpha value is -2.39. The van der Waals surface area contributed by atoms with Crippen molar-refractivity contribution in [3.63, 3.8) is 0 Å². The molecule has 0 saturated heterocycles. The highest BCUT2D eigenvalue weighted by atomic mass is 35.5. The maximum absolute atomic E-state index is 5.77. The van der Waals surface area contributed by atoms with E-state index in [4.69, 9.17) is 11.6 Å². The van der Waals surface area contributed by atoms with Gasteiger partial charge in [-0.1, -0.05) is 47.5 Å². The number of aromatic nitrogens is 2. The highest BCUT2D eigenvalue weighted by Crippen LogP contribution is 2.20. The van der Waals surface area contributed by atoms with Gasteiger partial charge in [0.05, 0.1) is 0 Å². The zero-order chi connectivity index (χ0) is 15.4. The zero-order valence-electron chi connectivity index (χ0n) is 12.3. The molecular weight excluding hydrogens is 294 g/mol. The number of pyridine rings is 2. The molecule has 1 aromatic carbocycles. The fraction of sp³-hybridized carbons (Fsp3) is 0.111. The van der Waals surface area contributed by atoms with Gasteiger partial charge in [-0.3, -0.25) is 0 Å². The molecule has 110 valence electrons. The van der Waals surface area contributed by atoms with Gasteiger partial charge >= 0.3 is 0 Å². The van der Waals surface area contributed by atoms with Crippen LogP contribution in [0.2, 0.25) is 5.15 Å². The van der Waals surface area contributed by atoms with Gasteiger partial charge in [-0.2, -0.15) is 0 Å². The topological polar surface area (TPSA) is 37.8 Å². The number of benzene rings is 1. The van der Waals surface area contributed by atoms with Crippen molar-refractivity contribution in [3.05, 3.63) is 77.2 Å². The van der Waals surface area contributed by atoms with Crippen molar-refractivity contribution in [2.45, 2.75) is 13.5 Å². The molecule has 0 unspecified atom stereocenters. The monoisotopic (exact) mass is 309 g/mol. The van der Waals surface area contributed by atoms with Gasteiger partial charge in [0, 0.05) is 24.5 Å². The average molecular weight is 310 g/mol. The largest absolute Gasteiger partial charge is 0.366 e. The van der Waals surface area contributed by atoms with E-state index in [1.165, 1.54) is 11.1 Å². The summed E-state index contributed by atoms with van der Waals surface area (Å²) in [5, 5.41) is 3.78. The molecule has 0 fully saturated rings. The molecule has 0 saturated carbocycles. The minimum Gasteiger partial charge on any atom is -0.366 e. The third kappa shape index (κ3) is 3.62. The highest BCUT2D eigenvalue weighted by molar-refractivity contribution is 6.29. The van der Waals surface area contributed by atoms with Crippen molar-refractivity contribution in [2.75, 3.05) is 5.32 Å². The van der Waals surface area contributed by atoms with Crippen LogP contribution in [0.1, 0.15) is 11.1 Å². The number of rotatable bonds is 4. The lowest BCUT2D eigenvalue weighted by Crippen LogP contribution is -2.01.